The number of tetrazole rings is 1. The van der Waals surface area contributed by atoms with E-state index in [2.05, 4.69) is 15.5 Å². The molecule has 0 radical (unpaired) electrons. The van der Waals surface area contributed by atoms with Crippen molar-refractivity contribution in [2.45, 2.75) is 62.8 Å². The average Bonchev–Trinajstić information content (AvgIpc) is 3.34. The van der Waals surface area contributed by atoms with Gasteiger partial charge in [-0.1, -0.05) is 30.0 Å². The Morgan fingerprint density at radius 1 is 1.09 bits per heavy atom. The fourth-order valence-corrected chi connectivity index (χ4v) is 8.23. The van der Waals surface area contributed by atoms with E-state index in [0.717, 1.165) is 48.4 Å². The van der Waals surface area contributed by atoms with Gasteiger partial charge in [0.2, 0.25) is 5.16 Å². The van der Waals surface area contributed by atoms with E-state index in [0.29, 0.717) is 16.6 Å². The van der Waals surface area contributed by atoms with Gasteiger partial charge in [-0.15, -0.1) is 5.10 Å². The largest absolute Gasteiger partial charge is 0.298 e. The van der Waals surface area contributed by atoms with E-state index < -0.39 is 0 Å². The van der Waals surface area contributed by atoms with Gasteiger partial charge in [-0.2, -0.15) is 4.68 Å². The van der Waals surface area contributed by atoms with Crippen molar-refractivity contribution in [3.63, 3.8) is 0 Å². The zero-order valence-corrected chi connectivity index (χ0v) is 20.7. The molecule has 4 bridgehead atoms. The number of para-hydroxylation sites is 1. The Morgan fingerprint density at radius 2 is 1.71 bits per heavy atom. The molecule has 9 heteroatoms. The minimum atomic E-state index is -0.263. The highest BCUT2D eigenvalue weighted by molar-refractivity contribution is 8.00. The smallest absolute Gasteiger partial charge is 0.297 e. The molecular formula is C25H30N6O2S. The molecule has 1 unspecified atom stereocenters. The maximum atomic E-state index is 13.8. The number of nitrogens with zero attached hydrogens (tertiary/aromatic N) is 6. The number of hydrogen-bond acceptors (Lipinski definition) is 6. The first-order chi connectivity index (χ1) is 16.4. The first-order valence-corrected chi connectivity index (χ1v) is 13.1. The number of ketones is 1. The third kappa shape index (κ3) is 3.31. The third-order valence-corrected chi connectivity index (χ3v) is 9.42. The molecule has 4 aliphatic carbocycles. The Kier molecular flexibility index (Phi) is 5.09. The summed E-state index contributed by atoms with van der Waals surface area (Å²) >= 11 is 1.38. The van der Waals surface area contributed by atoms with E-state index in [4.69, 9.17) is 0 Å². The van der Waals surface area contributed by atoms with Crippen molar-refractivity contribution in [1.29, 1.82) is 0 Å². The Balaban J connectivity index is 1.30. The van der Waals surface area contributed by atoms with Gasteiger partial charge in [0.05, 0.1) is 16.6 Å². The molecule has 2 aromatic heterocycles. The summed E-state index contributed by atoms with van der Waals surface area (Å²) in [7, 11) is 1.85. The molecule has 0 spiro atoms. The van der Waals surface area contributed by atoms with Gasteiger partial charge in [0.1, 0.15) is 0 Å². The zero-order chi connectivity index (χ0) is 23.6. The lowest BCUT2D eigenvalue weighted by Crippen LogP contribution is -2.51. The van der Waals surface area contributed by atoms with Crippen LogP contribution in [0.4, 0.5) is 0 Å². The highest BCUT2D eigenvalue weighted by Gasteiger charge is 2.55. The van der Waals surface area contributed by atoms with Crippen molar-refractivity contribution in [2.75, 3.05) is 0 Å². The van der Waals surface area contributed by atoms with Gasteiger partial charge >= 0.3 is 0 Å². The molecule has 1 aromatic carbocycles. The Hall–Kier alpha value is -2.68. The molecule has 8 nitrogen and oxygen atoms in total. The van der Waals surface area contributed by atoms with Gasteiger partial charge in [-0.25, -0.2) is 4.68 Å². The molecule has 3 aromatic rings. The van der Waals surface area contributed by atoms with Crippen LogP contribution in [0.15, 0.2) is 40.3 Å². The maximum Gasteiger partial charge on any atom is 0.297 e. The van der Waals surface area contributed by atoms with Crippen molar-refractivity contribution in [3.8, 4) is 11.4 Å². The number of benzene rings is 1. The summed E-state index contributed by atoms with van der Waals surface area (Å²) in [5, 5.41) is 12.5. The molecule has 178 valence electrons. The second kappa shape index (κ2) is 7.93. The molecule has 2 heterocycles. The van der Waals surface area contributed by atoms with Crippen LogP contribution in [0.25, 0.3) is 11.4 Å². The van der Waals surface area contributed by atoms with Crippen molar-refractivity contribution in [1.82, 2.24) is 29.6 Å². The molecular weight excluding hydrogens is 448 g/mol. The van der Waals surface area contributed by atoms with E-state index in [1.165, 1.54) is 35.7 Å². The fraction of sp³-hybridized carbons (Fsp3) is 0.560. The fourth-order valence-electron chi connectivity index (χ4n) is 7.25. The van der Waals surface area contributed by atoms with E-state index >= 15 is 0 Å². The molecule has 34 heavy (non-hydrogen) atoms. The standard InChI is InChI=1S/C25H30N6O2S/c1-15-21(23(33)31(29(15)3)20-7-5-4-6-8-20)30-24(26-27-28-30)34-16(2)22(32)25-12-17-9-18(13-25)11-19(10-17)14-25/h4-8,16-19H,9-14H2,1-3H3. The molecule has 1 atom stereocenters. The first-order valence-electron chi connectivity index (χ1n) is 12.2. The predicted octanol–water partition coefficient (Wildman–Crippen LogP) is 3.73. The number of rotatable bonds is 6. The van der Waals surface area contributed by atoms with Crippen LogP contribution in [0, 0.1) is 30.1 Å². The topological polar surface area (TPSA) is 87.6 Å². The van der Waals surface area contributed by atoms with E-state index in [1.807, 2.05) is 55.9 Å². The lowest BCUT2D eigenvalue weighted by atomic mass is 9.48. The second-order valence-corrected chi connectivity index (χ2v) is 11.9. The highest BCUT2D eigenvalue weighted by atomic mass is 32.2. The molecule has 7 rings (SSSR count). The van der Waals surface area contributed by atoms with E-state index in [-0.39, 0.29) is 16.2 Å². The quantitative estimate of drug-likeness (QED) is 0.502. The average molecular weight is 479 g/mol. The van der Waals surface area contributed by atoms with Crippen LogP contribution in [-0.4, -0.2) is 40.6 Å². The predicted molar refractivity (Wildman–Crippen MR) is 129 cm³/mol. The third-order valence-electron chi connectivity index (χ3n) is 8.39. The molecule has 4 saturated carbocycles. The van der Waals surface area contributed by atoms with Gasteiger partial charge in [-0.3, -0.25) is 14.3 Å². The SMILES string of the molecule is Cc1c(-n2nnnc2SC(C)C(=O)C23CC4CC(CC(C4)C2)C3)c(=O)n(-c2ccccc2)n1C. The van der Waals surface area contributed by atoms with Crippen LogP contribution in [-0.2, 0) is 11.8 Å². The monoisotopic (exact) mass is 478 g/mol. The van der Waals surface area contributed by atoms with Crippen molar-refractivity contribution in [3.05, 3.63) is 46.4 Å². The number of Topliss-reactive ketones (excluding diaryl/α,β-unsaturated/α-hetero) is 1. The van der Waals surface area contributed by atoms with Gasteiger partial charge in [0, 0.05) is 12.5 Å². The van der Waals surface area contributed by atoms with Crippen molar-refractivity contribution < 1.29 is 4.79 Å². The lowest BCUT2D eigenvalue weighted by Gasteiger charge is -2.56. The lowest BCUT2D eigenvalue weighted by molar-refractivity contribution is -0.142. The number of aromatic nitrogens is 6. The van der Waals surface area contributed by atoms with Crippen molar-refractivity contribution >= 4 is 17.5 Å². The molecule has 0 amide bonds. The van der Waals surface area contributed by atoms with Gasteiger partial charge in [-0.05, 0) is 92.7 Å². The summed E-state index contributed by atoms with van der Waals surface area (Å²) in [6.07, 6.45) is 7.08. The summed E-state index contributed by atoms with van der Waals surface area (Å²) in [6.45, 7) is 3.86. The molecule has 0 aliphatic heterocycles. The van der Waals surface area contributed by atoms with Crippen LogP contribution in [0.3, 0.4) is 0 Å². The van der Waals surface area contributed by atoms with Gasteiger partial charge in [0.15, 0.2) is 11.5 Å². The summed E-state index contributed by atoms with van der Waals surface area (Å²) in [6, 6.07) is 9.52. The molecule has 4 fully saturated rings. The van der Waals surface area contributed by atoms with Gasteiger partial charge < -0.3 is 0 Å². The molecule has 0 N–H and O–H groups in total. The van der Waals surface area contributed by atoms with Crippen LogP contribution < -0.4 is 5.56 Å². The number of hydrogen-bond donors (Lipinski definition) is 0. The highest BCUT2D eigenvalue weighted by Crippen LogP contribution is 2.61. The van der Waals surface area contributed by atoms with E-state index in [1.54, 1.807) is 4.68 Å². The summed E-state index contributed by atoms with van der Waals surface area (Å²) in [5.41, 5.74) is 1.58. The van der Waals surface area contributed by atoms with Crippen LogP contribution in [0.5, 0.6) is 0 Å². The normalized spacial score (nSPS) is 28.4. The molecule has 4 aliphatic rings. The molecule has 0 saturated heterocycles. The Morgan fingerprint density at radius 3 is 2.32 bits per heavy atom. The number of carbonyl (C=O) groups is 1. The maximum absolute atomic E-state index is 13.8. The Bertz CT molecular complexity index is 1270. The van der Waals surface area contributed by atoms with Gasteiger partial charge in [0.25, 0.3) is 5.56 Å². The summed E-state index contributed by atoms with van der Waals surface area (Å²) in [4.78, 5) is 27.2. The number of thioether (sulfide) groups is 1. The van der Waals surface area contributed by atoms with E-state index in [9.17, 15) is 9.59 Å². The van der Waals surface area contributed by atoms with Crippen LogP contribution in [0.2, 0.25) is 0 Å². The van der Waals surface area contributed by atoms with Crippen molar-refractivity contribution in [2.24, 2.45) is 30.2 Å². The second-order valence-electron chi connectivity index (χ2n) is 10.6. The zero-order valence-electron chi connectivity index (χ0n) is 19.8. The summed E-state index contributed by atoms with van der Waals surface area (Å²) < 4.78 is 4.93. The minimum absolute atomic E-state index is 0.165. The summed E-state index contributed by atoms with van der Waals surface area (Å²) in [5.74, 6) is 2.51. The first kappa shape index (κ1) is 21.8. The van der Waals surface area contributed by atoms with Crippen LogP contribution in [0.1, 0.15) is 51.1 Å². The van der Waals surface area contributed by atoms with Crippen LogP contribution >= 0.6 is 11.8 Å². The minimum Gasteiger partial charge on any atom is -0.298 e. The number of carbonyl (C=O) groups excluding carboxylic acids is 1. The Labute approximate surface area is 202 Å².